The molecule has 2 aromatic heterocycles. The first-order valence-electron chi connectivity index (χ1n) is 17.7. The number of rotatable bonds is 10. The van der Waals surface area contributed by atoms with E-state index in [2.05, 4.69) is 37.3 Å². The lowest BCUT2D eigenvalue weighted by Gasteiger charge is -2.31. The number of Topliss-reactive ketones (excluding diaryl/α,β-unsaturated/α-hetero) is 1. The van der Waals surface area contributed by atoms with Crippen LogP contribution in [0.3, 0.4) is 0 Å². The number of sulfonamides is 1. The minimum absolute atomic E-state index is 0.135. The summed E-state index contributed by atoms with van der Waals surface area (Å²) in [5.74, 6) is 7.93. The van der Waals surface area contributed by atoms with Crippen molar-refractivity contribution in [1.29, 1.82) is 0 Å². The number of nitrogens with one attached hydrogen (secondary N) is 2. The van der Waals surface area contributed by atoms with Crippen molar-refractivity contribution in [2.45, 2.75) is 62.0 Å². The van der Waals surface area contributed by atoms with Crippen LogP contribution in [0.25, 0.3) is 11.1 Å². The lowest BCUT2D eigenvalue weighted by atomic mass is 9.93. The molecule has 0 bridgehead atoms. The van der Waals surface area contributed by atoms with Crippen molar-refractivity contribution < 1.29 is 18.3 Å². The Morgan fingerprint density at radius 1 is 0.902 bits per heavy atom. The first-order valence-corrected chi connectivity index (χ1v) is 19.1. The first-order chi connectivity index (χ1) is 24.7. The van der Waals surface area contributed by atoms with Crippen molar-refractivity contribution in [3.63, 3.8) is 0 Å². The molecule has 2 saturated carbocycles. The van der Waals surface area contributed by atoms with Crippen LogP contribution < -0.4 is 10.6 Å². The number of hydrogen-bond acceptors (Lipinski definition) is 10. The molecule has 264 valence electrons. The number of ketones is 1. The van der Waals surface area contributed by atoms with E-state index in [1.165, 1.54) is 0 Å². The highest BCUT2D eigenvalue weighted by Crippen LogP contribution is 2.34. The van der Waals surface area contributed by atoms with Gasteiger partial charge in [-0.25, -0.2) is 18.4 Å². The van der Waals surface area contributed by atoms with Crippen LogP contribution in [0.5, 0.6) is 0 Å². The van der Waals surface area contributed by atoms with Gasteiger partial charge in [0.25, 0.3) is 0 Å². The molecule has 3 heterocycles. The van der Waals surface area contributed by atoms with E-state index in [0.717, 1.165) is 60.9 Å². The predicted molar refractivity (Wildman–Crippen MR) is 197 cm³/mol. The van der Waals surface area contributed by atoms with Gasteiger partial charge in [-0.2, -0.15) is 9.29 Å². The number of aromatic nitrogens is 3. The van der Waals surface area contributed by atoms with Crippen molar-refractivity contribution in [1.82, 2.24) is 24.2 Å². The van der Waals surface area contributed by atoms with Crippen molar-refractivity contribution in [2.24, 2.45) is 5.92 Å². The monoisotopic (exact) mass is 705 g/mol. The molecule has 11 nitrogen and oxygen atoms in total. The number of carbonyl (C=O) groups is 1. The van der Waals surface area contributed by atoms with E-state index in [-0.39, 0.29) is 22.8 Å². The zero-order valence-corrected chi connectivity index (χ0v) is 29.6. The van der Waals surface area contributed by atoms with Crippen molar-refractivity contribution in [3.8, 4) is 23.0 Å². The molecule has 0 unspecified atom stereocenters. The Labute approximate surface area is 299 Å². The minimum Gasteiger partial charge on any atom is -0.393 e. The number of likely N-dealkylation sites (N-methyl/N-ethyl adjacent to an activating group) is 1. The Morgan fingerprint density at radius 2 is 1.63 bits per heavy atom. The van der Waals surface area contributed by atoms with E-state index in [9.17, 15) is 18.3 Å². The number of piperazine rings is 1. The first kappa shape index (κ1) is 34.8. The van der Waals surface area contributed by atoms with Gasteiger partial charge in [0.15, 0.2) is 5.78 Å². The normalized spacial score (nSPS) is 19.9. The van der Waals surface area contributed by atoms with Crippen LogP contribution in [-0.2, 0) is 10.0 Å². The van der Waals surface area contributed by atoms with Crippen LogP contribution >= 0.6 is 0 Å². The maximum absolute atomic E-state index is 13.3. The third-order valence-electron chi connectivity index (χ3n) is 9.82. The number of aliphatic hydroxyl groups is 1. The summed E-state index contributed by atoms with van der Waals surface area (Å²) in [5.41, 5.74) is 4.36. The highest BCUT2D eigenvalue weighted by molar-refractivity contribution is 7.89. The number of aliphatic hydroxyl groups excluding tert-OH is 1. The Hall–Kier alpha value is -4.67. The van der Waals surface area contributed by atoms with Gasteiger partial charge >= 0.3 is 0 Å². The van der Waals surface area contributed by atoms with Gasteiger partial charge in [-0.3, -0.25) is 4.79 Å². The van der Waals surface area contributed by atoms with Gasteiger partial charge in [-0.15, -0.1) is 0 Å². The van der Waals surface area contributed by atoms with Crippen LogP contribution in [0.15, 0.2) is 78.0 Å². The van der Waals surface area contributed by atoms with Gasteiger partial charge in [0.1, 0.15) is 11.5 Å². The second-order valence-corrected chi connectivity index (χ2v) is 15.7. The second-order valence-electron chi connectivity index (χ2n) is 13.8. The van der Waals surface area contributed by atoms with Crippen molar-refractivity contribution in [2.75, 3.05) is 43.9 Å². The van der Waals surface area contributed by atoms with E-state index in [1.54, 1.807) is 41.0 Å². The zero-order chi connectivity index (χ0) is 35.4. The smallest absolute Gasteiger partial charge is 0.243 e. The molecule has 3 aliphatic rings. The van der Waals surface area contributed by atoms with E-state index < -0.39 is 10.0 Å². The van der Waals surface area contributed by atoms with Gasteiger partial charge in [-0.1, -0.05) is 18.1 Å². The molecule has 1 aliphatic heterocycles. The summed E-state index contributed by atoms with van der Waals surface area (Å²) in [4.78, 5) is 28.7. The Morgan fingerprint density at radius 3 is 2.33 bits per heavy atom. The van der Waals surface area contributed by atoms with Crippen LogP contribution in [0, 0.1) is 17.8 Å². The van der Waals surface area contributed by atoms with E-state index in [0.29, 0.717) is 61.5 Å². The molecule has 0 atom stereocenters. The highest BCUT2D eigenvalue weighted by Gasteiger charge is 2.28. The molecule has 2 aromatic carbocycles. The summed E-state index contributed by atoms with van der Waals surface area (Å²) in [6, 6.07) is 18.2. The largest absolute Gasteiger partial charge is 0.393 e. The van der Waals surface area contributed by atoms with Crippen LogP contribution in [0.2, 0.25) is 0 Å². The molecule has 4 aromatic rings. The molecule has 7 rings (SSSR count). The molecule has 51 heavy (non-hydrogen) atoms. The quantitative estimate of drug-likeness (QED) is 0.147. The lowest BCUT2D eigenvalue weighted by Crippen LogP contribution is -2.46. The number of benzene rings is 2. The molecular formula is C39H43N7O4S. The van der Waals surface area contributed by atoms with Crippen LogP contribution in [0.1, 0.15) is 66.6 Å². The van der Waals surface area contributed by atoms with E-state index >= 15 is 0 Å². The molecular weight excluding hydrogens is 663 g/mol. The summed E-state index contributed by atoms with van der Waals surface area (Å²) in [6.45, 7) is 2.35. The molecule has 12 heteroatoms. The molecule has 1 saturated heterocycles. The second kappa shape index (κ2) is 15.3. The number of hydrogen-bond donors (Lipinski definition) is 3. The van der Waals surface area contributed by atoms with Crippen LogP contribution in [0.4, 0.5) is 17.5 Å². The molecule has 2 aliphatic carbocycles. The zero-order valence-electron chi connectivity index (χ0n) is 28.8. The number of pyridine rings is 1. The van der Waals surface area contributed by atoms with Gasteiger partial charge in [0.2, 0.25) is 16.0 Å². The highest BCUT2D eigenvalue weighted by atomic mass is 32.2. The van der Waals surface area contributed by atoms with Crippen molar-refractivity contribution in [3.05, 3.63) is 89.9 Å². The Kier molecular flexibility index (Phi) is 10.4. The maximum Gasteiger partial charge on any atom is 0.243 e. The SMILES string of the molecule is CN1CCN(S(=O)(=O)c2ccc(-c3cnc(Nc4ccc(C#Cc5cc(C(=O)CC6CC6)ccn5)cc4)nc3NC3CCC(O)CC3)cc2)CC1. The summed E-state index contributed by atoms with van der Waals surface area (Å²) in [7, 11) is -1.59. The third-order valence-corrected chi connectivity index (χ3v) is 11.7. The number of anilines is 3. The molecule has 3 N–H and O–H groups in total. The average molecular weight is 706 g/mol. The van der Waals surface area contributed by atoms with E-state index in [4.69, 9.17) is 4.98 Å². The predicted octanol–water partition coefficient (Wildman–Crippen LogP) is 5.32. The maximum atomic E-state index is 13.3. The fourth-order valence-corrected chi connectivity index (χ4v) is 7.86. The summed E-state index contributed by atoms with van der Waals surface area (Å²) in [6.07, 6.45) is 9.04. The number of nitrogens with zero attached hydrogens (tertiary/aromatic N) is 5. The standard InChI is InChI=1S/C39H43N7O4S/c1-45-20-22-46(23-21-45)51(49,50)35-16-7-29(8-17-35)36-26-41-39(44-38(36)42-31-12-14-34(47)15-13-31)43-32-9-4-27(5-10-32)6-11-33-25-30(18-19-40-33)37(48)24-28-2-3-28/h4-5,7-10,16-19,25-26,28,31,34,47H,2-3,12-15,20-24H2,1H3,(H2,41,42,43,44). The molecule has 0 spiro atoms. The van der Waals surface area contributed by atoms with E-state index in [1.807, 2.05) is 43.4 Å². The Balaban J connectivity index is 1.07. The van der Waals surface area contributed by atoms with Gasteiger partial charge in [0, 0.05) is 73.4 Å². The van der Waals surface area contributed by atoms with Gasteiger partial charge < -0.3 is 20.6 Å². The molecule has 0 radical (unpaired) electrons. The Bertz CT molecular complexity index is 2020. The minimum atomic E-state index is -3.59. The van der Waals surface area contributed by atoms with Gasteiger partial charge in [-0.05, 0) is 112 Å². The summed E-state index contributed by atoms with van der Waals surface area (Å²) < 4.78 is 28.2. The van der Waals surface area contributed by atoms with Crippen LogP contribution in [-0.4, -0.2) is 88.8 Å². The fraction of sp³-hybridized carbons (Fsp3) is 0.385. The molecule has 3 fully saturated rings. The topological polar surface area (TPSA) is 141 Å². The summed E-state index contributed by atoms with van der Waals surface area (Å²) >= 11 is 0. The lowest BCUT2D eigenvalue weighted by molar-refractivity contribution is 0.0976. The molecule has 0 amide bonds. The fourth-order valence-electron chi connectivity index (χ4n) is 6.44. The van der Waals surface area contributed by atoms with Crippen molar-refractivity contribution >= 4 is 33.3 Å². The summed E-state index contributed by atoms with van der Waals surface area (Å²) in [5, 5.41) is 16.9. The third kappa shape index (κ3) is 8.80. The van der Waals surface area contributed by atoms with Gasteiger partial charge in [0.05, 0.1) is 11.0 Å². The average Bonchev–Trinajstić information content (AvgIpc) is 3.97. The number of carbonyl (C=O) groups excluding carboxylic acids is 1.